The van der Waals surface area contributed by atoms with Crippen LogP contribution in [-0.4, -0.2) is 20.2 Å². The van der Waals surface area contributed by atoms with E-state index in [0.29, 0.717) is 11.1 Å². The summed E-state index contributed by atoms with van der Waals surface area (Å²) in [7, 11) is 0. The van der Waals surface area contributed by atoms with Crippen molar-refractivity contribution in [3.63, 3.8) is 0 Å². The SMILES string of the molecule is CC(C)(C)NC(=O)c1ccc(C(C)(C)C)c2nsnc12. The largest absolute Gasteiger partial charge is 0.347 e. The molecule has 0 fully saturated rings. The second kappa shape index (κ2) is 4.81. The van der Waals surface area contributed by atoms with Gasteiger partial charge in [0.05, 0.1) is 17.3 Å². The molecule has 0 spiro atoms. The predicted molar refractivity (Wildman–Crippen MR) is 83.3 cm³/mol. The van der Waals surface area contributed by atoms with Gasteiger partial charge < -0.3 is 5.32 Å². The smallest absolute Gasteiger partial charge is 0.253 e. The van der Waals surface area contributed by atoms with Gasteiger partial charge in [0.15, 0.2) is 0 Å². The van der Waals surface area contributed by atoms with E-state index in [1.807, 2.05) is 32.9 Å². The highest BCUT2D eigenvalue weighted by Gasteiger charge is 2.24. The van der Waals surface area contributed by atoms with Gasteiger partial charge >= 0.3 is 0 Å². The van der Waals surface area contributed by atoms with E-state index in [1.165, 1.54) is 0 Å². The average molecular weight is 291 g/mol. The van der Waals surface area contributed by atoms with Crippen molar-refractivity contribution in [3.8, 4) is 0 Å². The Balaban J connectivity index is 2.53. The molecule has 0 radical (unpaired) electrons. The molecule has 0 aliphatic heterocycles. The van der Waals surface area contributed by atoms with Crippen LogP contribution in [0, 0.1) is 0 Å². The highest BCUT2D eigenvalue weighted by Crippen LogP contribution is 2.30. The summed E-state index contributed by atoms with van der Waals surface area (Å²) in [6.45, 7) is 12.3. The highest BCUT2D eigenvalue weighted by atomic mass is 32.1. The first-order chi connectivity index (χ1) is 9.09. The number of aromatic nitrogens is 2. The maximum Gasteiger partial charge on any atom is 0.253 e. The summed E-state index contributed by atoms with van der Waals surface area (Å²) >= 11 is 1.15. The minimum Gasteiger partial charge on any atom is -0.347 e. The van der Waals surface area contributed by atoms with Crippen LogP contribution in [0.2, 0.25) is 0 Å². The van der Waals surface area contributed by atoms with Gasteiger partial charge in [0.2, 0.25) is 0 Å². The van der Waals surface area contributed by atoms with Gasteiger partial charge in [0.1, 0.15) is 11.0 Å². The normalized spacial score (nSPS) is 12.7. The van der Waals surface area contributed by atoms with Crippen molar-refractivity contribution >= 4 is 28.7 Å². The van der Waals surface area contributed by atoms with Crippen molar-refractivity contribution in [1.29, 1.82) is 0 Å². The number of carbonyl (C=O) groups excluding carboxylic acids is 1. The molecule has 0 aliphatic carbocycles. The third-order valence-corrected chi connectivity index (χ3v) is 3.49. The van der Waals surface area contributed by atoms with Gasteiger partial charge in [0.25, 0.3) is 5.91 Å². The van der Waals surface area contributed by atoms with Crippen LogP contribution in [0.4, 0.5) is 0 Å². The predicted octanol–water partition coefficient (Wildman–Crippen LogP) is 3.52. The molecule has 20 heavy (non-hydrogen) atoms. The molecule has 4 nitrogen and oxygen atoms in total. The molecule has 2 aromatic rings. The minimum absolute atomic E-state index is 0.0208. The summed E-state index contributed by atoms with van der Waals surface area (Å²) in [6, 6.07) is 3.84. The zero-order chi connectivity index (χ0) is 15.1. The molecule has 0 saturated carbocycles. The van der Waals surface area contributed by atoms with Crippen molar-refractivity contribution in [2.24, 2.45) is 0 Å². The number of nitrogens with zero attached hydrogens (tertiary/aromatic N) is 2. The summed E-state index contributed by atoms with van der Waals surface area (Å²) in [4.78, 5) is 12.4. The third-order valence-electron chi connectivity index (χ3n) is 2.96. The molecule has 0 saturated heterocycles. The highest BCUT2D eigenvalue weighted by molar-refractivity contribution is 7.00. The van der Waals surface area contributed by atoms with E-state index in [1.54, 1.807) is 0 Å². The monoisotopic (exact) mass is 291 g/mol. The van der Waals surface area contributed by atoms with Gasteiger partial charge in [-0.15, -0.1) is 0 Å². The van der Waals surface area contributed by atoms with Crippen LogP contribution in [-0.2, 0) is 5.41 Å². The van der Waals surface area contributed by atoms with Crippen LogP contribution in [0.5, 0.6) is 0 Å². The van der Waals surface area contributed by atoms with Crippen molar-refractivity contribution in [2.75, 3.05) is 0 Å². The second-order valence-electron chi connectivity index (χ2n) is 7.08. The van der Waals surface area contributed by atoms with Crippen LogP contribution in [0.25, 0.3) is 11.0 Å². The Bertz CT molecular complexity index is 647. The Morgan fingerprint density at radius 1 is 1.05 bits per heavy atom. The molecular weight excluding hydrogens is 270 g/mol. The van der Waals surface area contributed by atoms with E-state index in [4.69, 9.17) is 0 Å². The molecule has 1 heterocycles. The number of hydrogen-bond acceptors (Lipinski definition) is 4. The Kier molecular flexibility index (Phi) is 3.58. The van der Waals surface area contributed by atoms with Gasteiger partial charge in [0, 0.05) is 5.54 Å². The lowest BCUT2D eigenvalue weighted by Gasteiger charge is -2.22. The molecule has 0 unspecified atom stereocenters. The van der Waals surface area contributed by atoms with Crippen LogP contribution in [0.1, 0.15) is 57.5 Å². The minimum atomic E-state index is -0.268. The summed E-state index contributed by atoms with van der Waals surface area (Å²) < 4.78 is 8.69. The lowest BCUT2D eigenvalue weighted by Crippen LogP contribution is -2.40. The summed E-state index contributed by atoms with van der Waals surface area (Å²) in [5.74, 6) is -0.101. The molecule has 1 N–H and O–H groups in total. The number of amides is 1. The van der Waals surface area contributed by atoms with Crippen LogP contribution in [0.15, 0.2) is 12.1 Å². The van der Waals surface area contributed by atoms with Gasteiger partial charge in [-0.3, -0.25) is 4.79 Å². The van der Waals surface area contributed by atoms with Crippen LogP contribution in [0.3, 0.4) is 0 Å². The van der Waals surface area contributed by atoms with Gasteiger partial charge in [-0.1, -0.05) is 26.8 Å². The third kappa shape index (κ3) is 2.98. The van der Waals surface area contributed by atoms with Crippen LogP contribution < -0.4 is 5.32 Å². The summed E-state index contributed by atoms with van der Waals surface area (Å²) in [6.07, 6.45) is 0. The lowest BCUT2D eigenvalue weighted by molar-refractivity contribution is 0.0921. The maximum atomic E-state index is 12.4. The van der Waals surface area contributed by atoms with Crippen molar-refractivity contribution in [3.05, 3.63) is 23.3 Å². The Morgan fingerprint density at radius 3 is 2.20 bits per heavy atom. The number of fused-ring (bicyclic) bond motifs is 1. The molecule has 0 aliphatic rings. The molecule has 108 valence electrons. The first-order valence-corrected chi connectivity index (χ1v) is 7.41. The van der Waals surface area contributed by atoms with E-state index in [0.717, 1.165) is 22.8 Å². The van der Waals surface area contributed by atoms with E-state index in [-0.39, 0.29) is 16.9 Å². The zero-order valence-electron chi connectivity index (χ0n) is 12.9. The van der Waals surface area contributed by atoms with E-state index in [9.17, 15) is 4.79 Å². The number of nitrogens with one attached hydrogen (secondary N) is 1. The summed E-state index contributed by atoms with van der Waals surface area (Å²) in [5.41, 5.74) is 2.96. The number of hydrogen-bond donors (Lipinski definition) is 1. The number of carbonyl (C=O) groups is 1. The molecule has 1 aromatic carbocycles. The quantitative estimate of drug-likeness (QED) is 0.874. The van der Waals surface area contributed by atoms with Gasteiger partial charge in [-0.05, 0) is 37.8 Å². The maximum absolute atomic E-state index is 12.4. The van der Waals surface area contributed by atoms with Crippen LogP contribution >= 0.6 is 11.7 Å². The van der Waals surface area contributed by atoms with E-state index in [2.05, 4.69) is 34.8 Å². The van der Waals surface area contributed by atoms with Gasteiger partial charge in [-0.25, -0.2) is 0 Å². The summed E-state index contributed by atoms with van der Waals surface area (Å²) in [5, 5.41) is 2.97. The standard InChI is InChI=1S/C15H21N3OS/c1-14(2,3)10-8-7-9(11-12(10)18-20-17-11)13(19)16-15(4,5)6/h7-8H,1-6H3,(H,16,19). The topological polar surface area (TPSA) is 54.9 Å². The zero-order valence-corrected chi connectivity index (χ0v) is 13.7. The first-order valence-electron chi connectivity index (χ1n) is 6.68. The average Bonchev–Trinajstić information content (AvgIpc) is 2.71. The Labute approximate surface area is 123 Å². The molecule has 2 rings (SSSR count). The van der Waals surface area contributed by atoms with Crippen molar-refractivity contribution in [1.82, 2.24) is 14.1 Å². The van der Waals surface area contributed by atoms with Crippen molar-refractivity contribution < 1.29 is 4.79 Å². The number of rotatable bonds is 1. The molecule has 1 amide bonds. The molecule has 1 aromatic heterocycles. The Hall–Kier alpha value is -1.49. The van der Waals surface area contributed by atoms with E-state index < -0.39 is 0 Å². The molecule has 0 atom stereocenters. The fourth-order valence-corrected chi connectivity index (χ4v) is 2.64. The fourth-order valence-electron chi connectivity index (χ4n) is 2.06. The molecule has 0 bridgehead atoms. The molecule has 5 heteroatoms. The fraction of sp³-hybridized carbons (Fsp3) is 0.533. The lowest BCUT2D eigenvalue weighted by atomic mass is 9.85. The van der Waals surface area contributed by atoms with E-state index >= 15 is 0 Å². The first kappa shape index (κ1) is 14.9. The number of benzene rings is 1. The van der Waals surface area contributed by atoms with Crippen molar-refractivity contribution in [2.45, 2.75) is 52.5 Å². The second-order valence-corrected chi connectivity index (χ2v) is 7.60. The molecular formula is C15H21N3OS. The van der Waals surface area contributed by atoms with Gasteiger partial charge in [-0.2, -0.15) is 8.75 Å². The Morgan fingerprint density at radius 2 is 1.65 bits per heavy atom.